The fourth-order valence-electron chi connectivity index (χ4n) is 3.93. The molecule has 20 heavy (non-hydrogen) atoms. The lowest BCUT2D eigenvalue weighted by atomic mass is 9.57. The molecule has 2 aliphatic carbocycles. The Kier molecular flexibility index (Phi) is 2.24. The molecule has 1 nitrogen and oxygen atoms in total. The highest BCUT2D eigenvalue weighted by molar-refractivity contribution is 6.08. The third-order valence-corrected chi connectivity index (χ3v) is 4.87. The SMILES string of the molecule is CC1(C)c2c(F)cccc2C2=NC=CC3=CC=CC1C32. The molecule has 1 aromatic carbocycles. The van der Waals surface area contributed by atoms with Gasteiger partial charge in [0.25, 0.3) is 0 Å². The Labute approximate surface area is 118 Å². The molecule has 100 valence electrons. The highest BCUT2D eigenvalue weighted by atomic mass is 19.1. The molecule has 0 aromatic heterocycles. The number of nitrogens with zero attached hydrogens (tertiary/aromatic N) is 1. The van der Waals surface area contributed by atoms with Gasteiger partial charge in [-0.15, -0.1) is 0 Å². The van der Waals surface area contributed by atoms with Crippen LogP contribution in [0.1, 0.15) is 25.0 Å². The normalized spacial score (nSPS) is 28.4. The molecule has 0 N–H and O–H groups in total. The first-order valence-electron chi connectivity index (χ1n) is 7.02. The van der Waals surface area contributed by atoms with Crippen molar-refractivity contribution in [3.05, 3.63) is 71.2 Å². The van der Waals surface area contributed by atoms with Gasteiger partial charge in [-0.1, -0.05) is 44.2 Å². The van der Waals surface area contributed by atoms with Crippen LogP contribution in [0.5, 0.6) is 0 Å². The van der Waals surface area contributed by atoms with Crippen LogP contribution >= 0.6 is 0 Å². The van der Waals surface area contributed by atoms with E-state index < -0.39 is 0 Å². The van der Waals surface area contributed by atoms with E-state index in [2.05, 4.69) is 43.1 Å². The van der Waals surface area contributed by atoms with Crippen LogP contribution in [0, 0.1) is 17.7 Å². The Morgan fingerprint density at radius 3 is 2.95 bits per heavy atom. The van der Waals surface area contributed by atoms with Crippen LogP contribution in [0.3, 0.4) is 0 Å². The summed E-state index contributed by atoms with van der Waals surface area (Å²) >= 11 is 0. The molecule has 0 saturated heterocycles. The number of rotatable bonds is 0. The molecule has 0 amide bonds. The van der Waals surface area contributed by atoms with E-state index in [9.17, 15) is 4.39 Å². The summed E-state index contributed by atoms with van der Waals surface area (Å²) < 4.78 is 14.4. The van der Waals surface area contributed by atoms with Crippen molar-refractivity contribution in [2.45, 2.75) is 19.3 Å². The monoisotopic (exact) mass is 265 g/mol. The summed E-state index contributed by atoms with van der Waals surface area (Å²) in [7, 11) is 0. The molecule has 2 heteroatoms. The van der Waals surface area contributed by atoms with E-state index in [1.54, 1.807) is 12.1 Å². The Morgan fingerprint density at radius 2 is 2.10 bits per heavy atom. The van der Waals surface area contributed by atoms with Gasteiger partial charge >= 0.3 is 0 Å². The van der Waals surface area contributed by atoms with Crippen molar-refractivity contribution >= 4 is 5.71 Å². The Morgan fingerprint density at radius 1 is 1.25 bits per heavy atom. The van der Waals surface area contributed by atoms with Gasteiger partial charge in [0.05, 0.1) is 5.71 Å². The summed E-state index contributed by atoms with van der Waals surface area (Å²) in [6.07, 6.45) is 10.4. The van der Waals surface area contributed by atoms with E-state index >= 15 is 0 Å². The minimum absolute atomic E-state index is 0.118. The summed E-state index contributed by atoms with van der Waals surface area (Å²) in [5.41, 5.74) is 3.85. The van der Waals surface area contributed by atoms with E-state index in [0.29, 0.717) is 0 Å². The van der Waals surface area contributed by atoms with Gasteiger partial charge in [0, 0.05) is 28.7 Å². The average Bonchev–Trinajstić information content (AvgIpc) is 2.44. The summed E-state index contributed by atoms with van der Waals surface area (Å²) in [6.45, 7) is 4.28. The van der Waals surface area contributed by atoms with Crippen molar-refractivity contribution in [2.75, 3.05) is 0 Å². The highest BCUT2D eigenvalue weighted by Gasteiger charge is 2.47. The van der Waals surface area contributed by atoms with Crippen LogP contribution in [0.15, 0.2) is 59.3 Å². The molecule has 4 rings (SSSR count). The molecule has 0 radical (unpaired) electrons. The lowest BCUT2D eigenvalue weighted by Gasteiger charge is -2.47. The second kappa shape index (κ2) is 3.78. The predicted molar refractivity (Wildman–Crippen MR) is 79.3 cm³/mol. The number of halogens is 1. The van der Waals surface area contributed by atoms with E-state index in [-0.39, 0.29) is 23.1 Å². The van der Waals surface area contributed by atoms with Gasteiger partial charge in [-0.05, 0) is 23.6 Å². The molecular weight excluding hydrogens is 249 g/mol. The predicted octanol–water partition coefficient (Wildman–Crippen LogP) is 4.16. The molecule has 0 spiro atoms. The topological polar surface area (TPSA) is 12.4 Å². The maximum absolute atomic E-state index is 14.4. The molecule has 2 atom stereocenters. The van der Waals surface area contributed by atoms with Crippen molar-refractivity contribution in [1.29, 1.82) is 0 Å². The van der Waals surface area contributed by atoms with Gasteiger partial charge in [0.15, 0.2) is 0 Å². The zero-order chi connectivity index (χ0) is 13.9. The molecule has 0 fully saturated rings. The lowest BCUT2D eigenvalue weighted by Crippen LogP contribution is -2.45. The fraction of sp³-hybridized carbons (Fsp3) is 0.278. The highest BCUT2D eigenvalue weighted by Crippen LogP contribution is 2.50. The number of benzene rings is 1. The summed E-state index contributed by atoms with van der Waals surface area (Å²) in [5.74, 6) is 0.401. The number of hydrogen-bond donors (Lipinski definition) is 0. The first-order valence-corrected chi connectivity index (χ1v) is 7.02. The van der Waals surface area contributed by atoms with Gasteiger partial charge in [-0.3, -0.25) is 4.99 Å². The van der Waals surface area contributed by atoms with Crippen LogP contribution in [-0.2, 0) is 5.41 Å². The van der Waals surface area contributed by atoms with Crippen molar-refractivity contribution in [3.8, 4) is 0 Å². The second-order valence-electron chi connectivity index (χ2n) is 6.27. The van der Waals surface area contributed by atoms with Crippen LogP contribution < -0.4 is 0 Å². The van der Waals surface area contributed by atoms with Crippen molar-refractivity contribution in [3.63, 3.8) is 0 Å². The van der Waals surface area contributed by atoms with E-state index in [1.807, 2.05) is 12.3 Å². The first-order chi connectivity index (χ1) is 9.60. The van der Waals surface area contributed by atoms with E-state index in [1.165, 1.54) is 5.57 Å². The zero-order valence-electron chi connectivity index (χ0n) is 11.6. The van der Waals surface area contributed by atoms with Gasteiger partial charge in [-0.25, -0.2) is 4.39 Å². The molecule has 1 heterocycles. The fourth-order valence-corrected chi connectivity index (χ4v) is 3.93. The molecule has 2 unspecified atom stereocenters. The maximum atomic E-state index is 14.4. The molecule has 1 aromatic rings. The third kappa shape index (κ3) is 1.34. The Balaban J connectivity index is 2.08. The van der Waals surface area contributed by atoms with Gasteiger partial charge in [0.1, 0.15) is 5.82 Å². The van der Waals surface area contributed by atoms with Crippen molar-refractivity contribution in [1.82, 2.24) is 0 Å². The van der Waals surface area contributed by atoms with Crippen LogP contribution in [0.2, 0.25) is 0 Å². The minimum atomic E-state index is -0.231. The smallest absolute Gasteiger partial charge is 0.127 e. The van der Waals surface area contributed by atoms with Crippen molar-refractivity contribution < 1.29 is 4.39 Å². The summed E-state index contributed by atoms with van der Waals surface area (Å²) in [4.78, 5) is 4.58. The Bertz CT molecular complexity index is 719. The van der Waals surface area contributed by atoms with Crippen LogP contribution in [0.25, 0.3) is 0 Å². The minimum Gasteiger partial charge on any atom is -0.260 e. The second-order valence-corrected chi connectivity index (χ2v) is 6.27. The van der Waals surface area contributed by atoms with Crippen molar-refractivity contribution in [2.24, 2.45) is 16.8 Å². The average molecular weight is 265 g/mol. The van der Waals surface area contributed by atoms with Gasteiger partial charge in [0.2, 0.25) is 0 Å². The Hall–Kier alpha value is -1.96. The first kappa shape index (κ1) is 11.8. The molecule has 0 bridgehead atoms. The van der Waals surface area contributed by atoms with Gasteiger partial charge < -0.3 is 0 Å². The van der Waals surface area contributed by atoms with Gasteiger partial charge in [-0.2, -0.15) is 0 Å². The largest absolute Gasteiger partial charge is 0.260 e. The number of aliphatic imine (C=N–C) groups is 1. The molecule has 3 aliphatic rings. The molecule has 0 saturated carbocycles. The number of fused-ring (bicyclic) bond motifs is 2. The number of hydrogen-bond acceptors (Lipinski definition) is 1. The third-order valence-electron chi connectivity index (χ3n) is 4.87. The standard InChI is InChI=1S/C18H16FN/c1-18(2)13-7-3-5-11-9-10-20-17(15(11)13)12-6-4-8-14(19)16(12)18/h3-10,13,15H,1-2H3. The van der Waals surface area contributed by atoms with Crippen LogP contribution in [-0.4, -0.2) is 5.71 Å². The van der Waals surface area contributed by atoms with Crippen LogP contribution in [0.4, 0.5) is 4.39 Å². The zero-order valence-corrected chi connectivity index (χ0v) is 11.6. The quantitative estimate of drug-likeness (QED) is 0.668. The lowest BCUT2D eigenvalue weighted by molar-refractivity contribution is 0.319. The number of allylic oxidation sites excluding steroid dienone is 5. The molecule has 1 aliphatic heterocycles. The summed E-state index contributed by atoms with van der Waals surface area (Å²) in [6, 6.07) is 5.35. The maximum Gasteiger partial charge on any atom is 0.127 e. The van der Waals surface area contributed by atoms with E-state index in [0.717, 1.165) is 16.8 Å². The summed E-state index contributed by atoms with van der Waals surface area (Å²) in [5, 5.41) is 0. The van der Waals surface area contributed by atoms with E-state index in [4.69, 9.17) is 0 Å². The molecular formula is C18H16FN.